The van der Waals surface area contributed by atoms with Crippen molar-refractivity contribution in [2.24, 2.45) is 0 Å². The molecule has 3 rings (SSSR count). The highest BCUT2D eigenvalue weighted by molar-refractivity contribution is 7.07. The van der Waals surface area contributed by atoms with E-state index in [1.165, 1.54) is 28.8 Å². The van der Waals surface area contributed by atoms with Crippen LogP contribution in [0.2, 0.25) is 0 Å². The van der Waals surface area contributed by atoms with Crippen molar-refractivity contribution in [3.8, 4) is 6.07 Å². The molecule has 0 spiro atoms. The highest BCUT2D eigenvalue weighted by Crippen LogP contribution is 2.10. The van der Waals surface area contributed by atoms with Crippen LogP contribution in [0.5, 0.6) is 0 Å². The maximum atomic E-state index is 13.2. The number of hydrogen-bond donors (Lipinski definition) is 0. The number of rotatable bonds is 6. The molecule has 0 atom stereocenters. The molecule has 1 heterocycles. The minimum absolute atomic E-state index is 0.108. The Kier molecular flexibility index (Phi) is 6.76. The smallest absolute Gasteiger partial charge is 0.269 e. The summed E-state index contributed by atoms with van der Waals surface area (Å²) in [6.07, 6.45) is 3.40. The van der Waals surface area contributed by atoms with Gasteiger partial charge >= 0.3 is 0 Å². The van der Waals surface area contributed by atoms with E-state index in [0.717, 1.165) is 35.3 Å². The van der Waals surface area contributed by atoms with Gasteiger partial charge in [-0.05, 0) is 49.2 Å². The molecular weight excluding hydrogens is 399 g/mol. The van der Waals surface area contributed by atoms with Crippen molar-refractivity contribution in [2.45, 2.75) is 33.2 Å². The van der Waals surface area contributed by atoms with E-state index in [2.05, 4.69) is 0 Å². The normalized spacial score (nSPS) is 12.5. The van der Waals surface area contributed by atoms with Crippen molar-refractivity contribution >= 4 is 28.8 Å². The van der Waals surface area contributed by atoms with E-state index in [4.69, 9.17) is 0 Å². The van der Waals surface area contributed by atoms with Crippen molar-refractivity contribution in [1.82, 2.24) is 4.57 Å². The third kappa shape index (κ3) is 4.64. The molecule has 3 aromatic rings. The number of Topliss-reactive ketones (excluding diaryl/α,β-unsaturated/α-hetero) is 1. The van der Waals surface area contributed by atoms with Crippen molar-refractivity contribution in [1.29, 1.82) is 5.26 Å². The number of thiazole rings is 1. The van der Waals surface area contributed by atoms with Gasteiger partial charge in [-0.2, -0.15) is 5.26 Å². The number of unbranched alkanes of at least 4 members (excludes halogenated alkanes) is 1. The Balaban J connectivity index is 2.25. The molecule has 0 bridgehead atoms. The summed E-state index contributed by atoms with van der Waals surface area (Å²) in [5, 5.41) is 9.74. The number of benzene rings is 2. The number of aromatic nitrogens is 1. The van der Waals surface area contributed by atoms with Gasteiger partial charge in [0.25, 0.3) is 5.56 Å². The Morgan fingerprint density at radius 2 is 1.97 bits per heavy atom. The van der Waals surface area contributed by atoms with E-state index >= 15 is 0 Å². The molecule has 0 N–H and O–H groups in total. The predicted octanol–water partition coefficient (Wildman–Crippen LogP) is 3.54. The fourth-order valence-electron chi connectivity index (χ4n) is 3.08. The van der Waals surface area contributed by atoms with Gasteiger partial charge in [0, 0.05) is 12.1 Å². The summed E-state index contributed by atoms with van der Waals surface area (Å²) in [4.78, 5) is 26.0. The van der Waals surface area contributed by atoms with Crippen LogP contribution < -0.4 is 14.8 Å². The monoisotopic (exact) mass is 420 g/mol. The van der Waals surface area contributed by atoms with Gasteiger partial charge in [0.2, 0.25) is 5.78 Å². The molecule has 2 aromatic carbocycles. The molecule has 0 fully saturated rings. The summed E-state index contributed by atoms with van der Waals surface area (Å²) in [6, 6.07) is 14.8. The maximum Gasteiger partial charge on any atom is 0.269 e. The van der Waals surface area contributed by atoms with Crippen LogP contribution in [-0.4, -0.2) is 10.4 Å². The zero-order chi connectivity index (χ0) is 21.7. The minimum Gasteiger partial charge on any atom is -0.298 e. The van der Waals surface area contributed by atoms with Gasteiger partial charge < -0.3 is 0 Å². The van der Waals surface area contributed by atoms with E-state index in [1.54, 1.807) is 6.08 Å². The molecule has 0 aliphatic carbocycles. The molecule has 0 aliphatic heterocycles. The van der Waals surface area contributed by atoms with Gasteiger partial charge in [0.15, 0.2) is 0 Å². The van der Waals surface area contributed by atoms with Crippen LogP contribution >= 0.6 is 11.3 Å². The number of aryl methyl sites for hydroxylation is 1. The van der Waals surface area contributed by atoms with E-state index in [9.17, 15) is 19.2 Å². The van der Waals surface area contributed by atoms with E-state index in [1.807, 2.05) is 44.2 Å². The second-order valence-corrected chi connectivity index (χ2v) is 7.99. The fourth-order valence-corrected chi connectivity index (χ4v) is 4.20. The Bertz CT molecular complexity index is 1290. The Hall–Kier alpha value is -3.30. The number of hydrogen-bond acceptors (Lipinski definition) is 4. The average molecular weight is 421 g/mol. The van der Waals surface area contributed by atoms with Gasteiger partial charge in [-0.3, -0.25) is 14.2 Å². The molecule has 1 aromatic heterocycles. The first kappa shape index (κ1) is 21.4. The SMILES string of the molecule is CCCCn1c(=O)/c(=C\c2cccc(C)c2)s/c1=C(/C#N)C(=O)c1ccc(F)cc1. The number of nitrogens with zero attached hydrogens (tertiary/aromatic N) is 2. The highest BCUT2D eigenvalue weighted by atomic mass is 32.1. The Morgan fingerprint density at radius 1 is 1.23 bits per heavy atom. The number of carbonyl (C=O) groups excluding carboxylic acids is 1. The van der Waals surface area contributed by atoms with Crippen LogP contribution in [0.15, 0.2) is 53.3 Å². The zero-order valence-corrected chi connectivity index (χ0v) is 17.6. The van der Waals surface area contributed by atoms with Gasteiger partial charge in [-0.25, -0.2) is 4.39 Å². The van der Waals surface area contributed by atoms with Crippen LogP contribution in [0.4, 0.5) is 4.39 Å². The summed E-state index contributed by atoms with van der Waals surface area (Å²) in [5.74, 6) is -0.984. The second kappa shape index (κ2) is 9.47. The van der Waals surface area contributed by atoms with Gasteiger partial charge in [0.05, 0.1) is 4.53 Å². The van der Waals surface area contributed by atoms with Crippen molar-refractivity contribution in [3.05, 3.63) is 90.6 Å². The largest absolute Gasteiger partial charge is 0.298 e. The van der Waals surface area contributed by atoms with Crippen LogP contribution in [0.1, 0.15) is 41.3 Å². The molecule has 0 saturated heterocycles. The number of carbonyl (C=O) groups is 1. The predicted molar refractivity (Wildman–Crippen MR) is 117 cm³/mol. The lowest BCUT2D eigenvalue weighted by Gasteiger charge is -2.03. The van der Waals surface area contributed by atoms with Gasteiger partial charge in [-0.1, -0.05) is 43.2 Å². The highest BCUT2D eigenvalue weighted by Gasteiger charge is 2.17. The van der Waals surface area contributed by atoms with E-state index in [-0.39, 0.29) is 16.7 Å². The van der Waals surface area contributed by atoms with E-state index in [0.29, 0.717) is 15.7 Å². The maximum absolute atomic E-state index is 13.2. The van der Waals surface area contributed by atoms with E-state index < -0.39 is 11.6 Å². The Labute approximate surface area is 177 Å². The van der Waals surface area contributed by atoms with Crippen molar-refractivity contribution in [3.63, 3.8) is 0 Å². The molecule has 0 aliphatic rings. The lowest BCUT2D eigenvalue weighted by molar-refractivity contribution is 0.105. The summed E-state index contributed by atoms with van der Waals surface area (Å²) >= 11 is 1.14. The lowest BCUT2D eigenvalue weighted by atomic mass is 10.1. The second-order valence-electron chi connectivity index (χ2n) is 6.96. The van der Waals surface area contributed by atoms with Gasteiger partial charge in [-0.15, -0.1) is 11.3 Å². The fraction of sp³-hybridized carbons (Fsp3) is 0.208. The third-order valence-electron chi connectivity index (χ3n) is 4.64. The first-order valence-electron chi connectivity index (χ1n) is 9.67. The summed E-state index contributed by atoms with van der Waals surface area (Å²) in [6.45, 7) is 4.40. The lowest BCUT2D eigenvalue weighted by Crippen LogP contribution is -2.33. The van der Waals surface area contributed by atoms with Gasteiger partial charge in [0.1, 0.15) is 22.1 Å². The Morgan fingerprint density at radius 3 is 2.60 bits per heavy atom. The molecular formula is C24H21FN2O2S. The van der Waals surface area contributed by atoms with Crippen molar-refractivity contribution in [2.75, 3.05) is 0 Å². The average Bonchev–Trinajstić information content (AvgIpc) is 3.02. The quantitative estimate of drug-likeness (QED) is 0.573. The van der Waals surface area contributed by atoms with Crippen molar-refractivity contribution < 1.29 is 9.18 Å². The molecule has 4 nitrogen and oxygen atoms in total. The molecule has 152 valence electrons. The molecule has 0 amide bonds. The summed E-state index contributed by atoms with van der Waals surface area (Å²) in [5.41, 5.74) is 1.84. The summed E-state index contributed by atoms with van der Waals surface area (Å²) in [7, 11) is 0. The molecule has 6 heteroatoms. The van der Waals surface area contributed by atoms with Crippen LogP contribution in [0, 0.1) is 24.1 Å². The molecule has 0 saturated carbocycles. The number of ketones is 1. The number of nitriles is 1. The molecule has 0 radical (unpaired) electrons. The van der Waals surface area contributed by atoms with Crippen LogP contribution in [0.25, 0.3) is 11.6 Å². The molecule has 0 unspecified atom stereocenters. The number of halogens is 1. The minimum atomic E-state index is -0.522. The zero-order valence-electron chi connectivity index (χ0n) is 16.8. The standard InChI is InChI=1S/C24H21FN2O2S/c1-3-4-12-27-23(29)21(14-17-7-5-6-16(2)13-17)30-24(27)20(15-26)22(28)18-8-10-19(25)11-9-18/h5-11,13-14H,3-4,12H2,1-2H3/b21-14+,24-20-. The first-order valence-corrected chi connectivity index (χ1v) is 10.5. The molecule has 30 heavy (non-hydrogen) atoms. The topological polar surface area (TPSA) is 62.9 Å². The van der Waals surface area contributed by atoms with Crippen LogP contribution in [-0.2, 0) is 6.54 Å². The summed E-state index contributed by atoms with van der Waals surface area (Å²) < 4.78 is 15.5. The van der Waals surface area contributed by atoms with Crippen LogP contribution in [0.3, 0.4) is 0 Å². The third-order valence-corrected chi connectivity index (χ3v) is 5.77. The first-order chi connectivity index (χ1) is 14.4.